The fourth-order valence-electron chi connectivity index (χ4n) is 1.38. The first kappa shape index (κ1) is 11.8. The highest BCUT2D eigenvalue weighted by molar-refractivity contribution is 5.88. The molecular weight excluding hydrogens is 234 g/mol. The van der Waals surface area contributed by atoms with Crippen LogP contribution in [0.1, 0.15) is 10.4 Å². The minimum absolute atomic E-state index is 0.197. The quantitative estimate of drug-likeness (QED) is 0.856. The van der Waals surface area contributed by atoms with Crippen LogP contribution in [0.2, 0.25) is 0 Å². The number of benzene rings is 1. The molecular formula is C12H11N3O3. The molecule has 18 heavy (non-hydrogen) atoms. The molecule has 2 rings (SSSR count). The smallest absolute Gasteiger partial charge is 0.335 e. The number of ether oxygens (including phenoxy) is 1. The molecule has 0 aliphatic carbocycles. The van der Waals surface area contributed by atoms with Gasteiger partial charge in [0.2, 0.25) is 11.8 Å². The van der Waals surface area contributed by atoms with E-state index < -0.39 is 5.97 Å². The second kappa shape index (κ2) is 5.13. The number of carboxylic acid groups (broad SMARTS) is 1. The zero-order valence-electron chi connectivity index (χ0n) is 9.62. The first-order valence-electron chi connectivity index (χ1n) is 5.16. The number of nitrogens with one attached hydrogen (secondary N) is 1. The van der Waals surface area contributed by atoms with Crippen molar-refractivity contribution < 1.29 is 14.6 Å². The van der Waals surface area contributed by atoms with Gasteiger partial charge in [0, 0.05) is 18.0 Å². The van der Waals surface area contributed by atoms with E-state index >= 15 is 0 Å². The van der Waals surface area contributed by atoms with Crippen LogP contribution >= 0.6 is 0 Å². The van der Waals surface area contributed by atoms with Crippen molar-refractivity contribution in [3.05, 3.63) is 42.1 Å². The molecule has 0 spiro atoms. The van der Waals surface area contributed by atoms with E-state index in [1.807, 2.05) is 0 Å². The molecule has 1 aromatic heterocycles. The summed E-state index contributed by atoms with van der Waals surface area (Å²) >= 11 is 0. The molecule has 0 saturated heterocycles. The number of anilines is 2. The third-order valence-corrected chi connectivity index (χ3v) is 2.20. The van der Waals surface area contributed by atoms with Gasteiger partial charge < -0.3 is 15.2 Å². The standard InChI is InChI=1S/C12H11N3O3/c1-18-10-5-6-13-12(15-10)14-9-4-2-3-8(7-9)11(16)17/h2-7H,1H3,(H,16,17)(H,13,14,15). The highest BCUT2D eigenvalue weighted by Gasteiger charge is 2.04. The minimum atomic E-state index is -0.981. The summed E-state index contributed by atoms with van der Waals surface area (Å²) in [5, 5.41) is 11.8. The molecule has 6 heteroatoms. The van der Waals surface area contributed by atoms with E-state index in [4.69, 9.17) is 9.84 Å². The number of methoxy groups -OCH3 is 1. The van der Waals surface area contributed by atoms with Crippen LogP contribution in [0.25, 0.3) is 0 Å². The van der Waals surface area contributed by atoms with Gasteiger partial charge in [0.15, 0.2) is 0 Å². The molecule has 0 bridgehead atoms. The van der Waals surface area contributed by atoms with Gasteiger partial charge in [-0.15, -0.1) is 0 Å². The van der Waals surface area contributed by atoms with E-state index in [2.05, 4.69) is 15.3 Å². The van der Waals surface area contributed by atoms with Crippen molar-refractivity contribution >= 4 is 17.6 Å². The summed E-state index contributed by atoms with van der Waals surface area (Å²) in [5.41, 5.74) is 0.797. The predicted octanol–water partition coefficient (Wildman–Crippen LogP) is 1.93. The van der Waals surface area contributed by atoms with Gasteiger partial charge in [0.1, 0.15) is 0 Å². The Hall–Kier alpha value is -2.63. The molecule has 0 amide bonds. The van der Waals surface area contributed by atoms with Crippen molar-refractivity contribution in [2.45, 2.75) is 0 Å². The van der Waals surface area contributed by atoms with E-state index in [-0.39, 0.29) is 5.56 Å². The zero-order valence-corrected chi connectivity index (χ0v) is 9.62. The van der Waals surface area contributed by atoms with Gasteiger partial charge in [0.05, 0.1) is 12.7 Å². The second-order valence-corrected chi connectivity index (χ2v) is 3.43. The van der Waals surface area contributed by atoms with Crippen molar-refractivity contribution in [2.24, 2.45) is 0 Å². The van der Waals surface area contributed by atoms with Crippen LogP contribution in [0, 0.1) is 0 Å². The zero-order chi connectivity index (χ0) is 13.0. The lowest BCUT2D eigenvalue weighted by Crippen LogP contribution is -2.00. The van der Waals surface area contributed by atoms with Gasteiger partial charge in [-0.1, -0.05) is 6.07 Å². The van der Waals surface area contributed by atoms with Crippen LogP contribution in [0.4, 0.5) is 11.6 Å². The molecule has 2 N–H and O–H groups in total. The minimum Gasteiger partial charge on any atom is -0.481 e. The van der Waals surface area contributed by atoms with E-state index in [0.717, 1.165) is 0 Å². The maximum absolute atomic E-state index is 10.8. The Labute approximate surface area is 103 Å². The van der Waals surface area contributed by atoms with Crippen LogP contribution in [0.3, 0.4) is 0 Å². The summed E-state index contributed by atoms with van der Waals surface area (Å²) in [6.07, 6.45) is 1.55. The second-order valence-electron chi connectivity index (χ2n) is 3.43. The fraction of sp³-hybridized carbons (Fsp3) is 0.0833. The third kappa shape index (κ3) is 2.73. The van der Waals surface area contributed by atoms with Crippen LogP contribution in [0.5, 0.6) is 5.88 Å². The summed E-state index contributed by atoms with van der Waals surface area (Å²) < 4.78 is 4.97. The number of carbonyl (C=O) groups is 1. The lowest BCUT2D eigenvalue weighted by molar-refractivity contribution is 0.0697. The Morgan fingerprint density at radius 3 is 2.94 bits per heavy atom. The SMILES string of the molecule is COc1ccnc(Nc2cccc(C(=O)O)c2)n1. The largest absolute Gasteiger partial charge is 0.481 e. The van der Waals surface area contributed by atoms with E-state index in [0.29, 0.717) is 17.5 Å². The number of hydrogen-bond donors (Lipinski definition) is 2. The topological polar surface area (TPSA) is 84.3 Å². The number of carboxylic acids is 1. The van der Waals surface area contributed by atoms with Gasteiger partial charge in [-0.25, -0.2) is 9.78 Å². The molecule has 2 aromatic rings. The van der Waals surface area contributed by atoms with Crippen molar-refractivity contribution in [1.29, 1.82) is 0 Å². The monoisotopic (exact) mass is 245 g/mol. The van der Waals surface area contributed by atoms with E-state index in [9.17, 15) is 4.79 Å². The van der Waals surface area contributed by atoms with Crippen molar-refractivity contribution in [3.63, 3.8) is 0 Å². The molecule has 0 radical (unpaired) electrons. The average molecular weight is 245 g/mol. The van der Waals surface area contributed by atoms with Gasteiger partial charge in [-0.2, -0.15) is 4.98 Å². The highest BCUT2D eigenvalue weighted by Crippen LogP contribution is 2.16. The molecule has 0 fully saturated rings. The molecule has 1 heterocycles. The van der Waals surface area contributed by atoms with Crippen molar-refractivity contribution in [3.8, 4) is 5.88 Å². The van der Waals surface area contributed by atoms with Crippen LogP contribution in [0.15, 0.2) is 36.5 Å². The van der Waals surface area contributed by atoms with E-state index in [1.165, 1.54) is 19.2 Å². The molecule has 0 unspecified atom stereocenters. The molecule has 6 nitrogen and oxygen atoms in total. The van der Waals surface area contributed by atoms with Crippen molar-refractivity contribution in [2.75, 3.05) is 12.4 Å². The maximum Gasteiger partial charge on any atom is 0.335 e. The van der Waals surface area contributed by atoms with Crippen LogP contribution in [-0.4, -0.2) is 28.2 Å². The number of aromatic nitrogens is 2. The van der Waals surface area contributed by atoms with Gasteiger partial charge in [0.25, 0.3) is 0 Å². The summed E-state index contributed by atoms with van der Waals surface area (Å²) in [7, 11) is 1.51. The summed E-state index contributed by atoms with van der Waals surface area (Å²) in [4.78, 5) is 18.9. The third-order valence-electron chi connectivity index (χ3n) is 2.20. The summed E-state index contributed by atoms with van der Waals surface area (Å²) in [6.45, 7) is 0. The molecule has 0 saturated carbocycles. The van der Waals surface area contributed by atoms with Crippen LogP contribution in [-0.2, 0) is 0 Å². The first-order chi connectivity index (χ1) is 8.69. The van der Waals surface area contributed by atoms with Crippen LogP contribution < -0.4 is 10.1 Å². The maximum atomic E-state index is 10.8. The number of hydrogen-bond acceptors (Lipinski definition) is 5. The number of aromatic carboxylic acids is 1. The molecule has 1 aromatic carbocycles. The Morgan fingerprint density at radius 1 is 1.39 bits per heavy atom. The average Bonchev–Trinajstić information content (AvgIpc) is 2.39. The highest BCUT2D eigenvalue weighted by atomic mass is 16.5. The molecule has 0 atom stereocenters. The molecule has 0 aliphatic heterocycles. The fourth-order valence-corrected chi connectivity index (χ4v) is 1.38. The molecule has 92 valence electrons. The summed E-state index contributed by atoms with van der Waals surface area (Å²) in [5.74, 6) is -0.205. The Kier molecular flexibility index (Phi) is 3.38. The van der Waals surface area contributed by atoms with Gasteiger partial charge >= 0.3 is 5.97 Å². The van der Waals surface area contributed by atoms with Gasteiger partial charge in [-0.05, 0) is 18.2 Å². The van der Waals surface area contributed by atoms with Crippen molar-refractivity contribution in [1.82, 2.24) is 9.97 Å². The Morgan fingerprint density at radius 2 is 2.22 bits per heavy atom. The Balaban J connectivity index is 2.22. The normalized spacial score (nSPS) is 9.83. The number of nitrogens with zero attached hydrogens (tertiary/aromatic N) is 2. The van der Waals surface area contributed by atoms with E-state index in [1.54, 1.807) is 24.4 Å². The summed E-state index contributed by atoms with van der Waals surface area (Å²) in [6, 6.07) is 8.02. The van der Waals surface area contributed by atoms with Gasteiger partial charge in [-0.3, -0.25) is 0 Å². The predicted molar refractivity (Wildman–Crippen MR) is 65.3 cm³/mol. The first-order valence-corrected chi connectivity index (χ1v) is 5.16. The molecule has 0 aliphatic rings. The lowest BCUT2D eigenvalue weighted by atomic mass is 10.2. The number of rotatable bonds is 4. The lowest BCUT2D eigenvalue weighted by Gasteiger charge is -2.06. The Bertz CT molecular complexity index is 572.